The van der Waals surface area contributed by atoms with Crippen LogP contribution in [0.25, 0.3) is 0 Å². The van der Waals surface area contributed by atoms with Gasteiger partial charge in [0.1, 0.15) is 0 Å². The van der Waals surface area contributed by atoms with Gasteiger partial charge in [-0.3, -0.25) is 0 Å². The van der Waals surface area contributed by atoms with Crippen LogP contribution >= 0.6 is 0 Å². The van der Waals surface area contributed by atoms with Gasteiger partial charge in [0, 0.05) is 0 Å². The first-order valence-corrected chi connectivity index (χ1v) is 5.29. The summed E-state index contributed by atoms with van der Waals surface area (Å²) in [5, 5.41) is 0. The summed E-state index contributed by atoms with van der Waals surface area (Å²) in [7, 11) is 0. The van der Waals surface area contributed by atoms with Gasteiger partial charge in [-0.25, -0.2) is 0 Å². The van der Waals surface area contributed by atoms with Crippen LogP contribution in [0.1, 0.15) is 26.7 Å². The van der Waals surface area contributed by atoms with Crippen LogP contribution in [0.15, 0.2) is 18.4 Å². The molecule has 86 valence electrons. The second kappa shape index (κ2) is 4.44. The van der Waals surface area contributed by atoms with Gasteiger partial charge in [0.2, 0.25) is 0 Å². The molecule has 3 heteroatoms. The third-order valence-corrected chi connectivity index (χ3v) is 3.44. The van der Waals surface area contributed by atoms with E-state index in [1.165, 1.54) is 0 Å². The molecule has 1 aliphatic rings. The van der Waals surface area contributed by atoms with E-state index in [4.69, 9.17) is 0 Å². The Labute approximate surface area is 88.9 Å². The SMILES string of the molecule is C=C=CC1CC(C(F)(F)F)C(C)CC1C. The van der Waals surface area contributed by atoms with Crippen LogP contribution in [0, 0.1) is 23.7 Å². The van der Waals surface area contributed by atoms with E-state index in [1.807, 2.05) is 6.92 Å². The molecule has 0 heterocycles. The Balaban J connectivity index is 2.80. The molecule has 0 aromatic carbocycles. The Morgan fingerprint density at radius 1 is 1.20 bits per heavy atom. The number of halogens is 3. The number of hydrogen-bond acceptors (Lipinski definition) is 0. The van der Waals surface area contributed by atoms with Gasteiger partial charge in [-0.15, -0.1) is 5.73 Å². The summed E-state index contributed by atoms with van der Waals surface area (Å²) in [5.41, 5.74) is 2.61. The highest BCUT2D eigenvalue weighted by molar-refractivity contribution is 4.95. The Bertz CT molecular complexity index is 261. The molecule has 15 heavy (non-hydrogen) atoms. The van der Waals surface area contributed by atoms with E-state index in [2.05, 4.69) is 12.3 Å². The normalized spacial score (nSPS) is 37.1. The van der Waals surface area contributed by atoms with Gasteiger partial charge in [-0.05, 0) is 36.7 Å². The molecule has 0 nitrogen and oxygen atoms in total. The minimum Gasteiger partial charge on any atom is -0.171 e. The van der Waals surface area contributed by atoms with Crippen molar-refractivity contribution >= 4 is 0 Å². The summed E-state index contributed by atoms with van der Waals surface area (Å²) >= 11 is 0. The van der Waals surface area contributed by atoms with Gasteiger partial charge in [0.15, 0.2) is 0 Å². The van der Waals surface area contributed by atoms with Crippen LogP contribution in [0.2, 0.25) is 0 Å². The zero-order valence-electron chi connectivity index (χ0n) is 9.14. The first-order valence-electron chi connectivity index (χ1n) is 5.29. The molecule has 0 amide bonds. The molecule has 1 rings (SSSR count). The molecule has 0 saturated heterocycles. The number of hydrogen-bond donors (Lipinski definition) is 0. The van der Waals surface area contributed by atoms with Gasteiger partial charge in [-0.1, -0.05) is 20.4 Å². The smallest absolute Gasteiger partial charge is 0.171 e. The molecular formula is C12H17F3. The topological polar surface area (TPSA) is 0 Å². The molecule has 0 radical (unpaired) electrons. The number of allylic oxidation sites excluding steroid dienone is 1. The lowest BCUT2D eigenvalue weighted by Gasteiger charge is -2.38. The summed E-state index contributed by atoms with van der Waals surface area (Å²) < 4.78 is 38.0. The fourth-order valence-corrected chi connectivity index (χ4v) is 2.52. The quantitative estimate of drug-likeness (QED) is 0.579. The van der Waals surface area contributed by atoms with E-state index < -0.39 is 12.1 Å². The monoisotopic (exact) mass is 218 g/mol. The van der Waals surface area contributed by atoms with Crippen molar-refractivity contribution in [2.24, 2.45) is 23.7 Å². The highest BCUT2D eigenvalue weighted by atomic mass is 19.4. The van der Waals surface area contributed by atoms with Crippen LogP contribution < -0.4 is 0 Å². The second-order valence-electron chi connectivity index (χ2n) is 4.61. The second-order valence-corrected chi connectivity index (χ2v) is 4.61. The van der Waals surface area contributed by atoms with Crippen molar-refractivity contribution in [2.75, 3.05) is 0 Å². The standard InChI is InChI=1S/C12H17F3/c1-4-5-10-7-11(12(13,14)15)9(3)6-8(10)2/h5,8-11H,1,6-7H2,2-3H3. The lowest BCUT2D eigenvalue weighted by Crippen LogP contribution is -2.37. The van der Waals surface area contributed by atoms with Crippen molar-refractivity contribution in [2.45, 2.75) is 32.9 Å². The average Bonchev–Trinajstić information content (AvgIpc) is 2.07. The van der Waals surface area contributed by atoms with Crippen molar-refractivity contribution < 1.29 is 13.2 Å². The van der Waals surface area contributed by atoms with Gasteiger partial charge >= 0.3 is 6.18 Å². The lowest BCUT2D eigenvalue weighted by molar-refractivity contribution is -0.200. The first kappa shape index (κ1) is 12.4. The fraction of sp³-hybridized carbons (Fsp3) is 0.750. The molecule has 0 bridgehead atoms. The summed E-state index contributed by atoms with van der Waals surface area (Å²) in [6, 6.07) is 0. The van der Waals surface area contributed by atoms with Gasteiger partial charge in [-0.2, -0.15) is 13.2 Å². The number of alkyl halides is 3. The third kappa shape index (κ3) is 2.88. The molecule has 4 atom stereocenters. The molecule has 1 fully saturated rings. The Morgan fingerprint density at radius 3 is 2.27 bits per heavy atom. The van der Waals surface area contributed by atoms with E-state index >= 15 is 0 Å². The van der Waals surface area contributed by atoms with Crippen LogP contribution in [0.4, 0.5) is 13.2 Å². The minimum absolute atomic E-state index is 0.0228. The zero-order chi connectivity index (χ0) is 11.6. The minimum atomic E-state index is -4.06. The van der Waals surface area contributed by atoms with Crippen molar-refractivity contribution in [3.8, 4) is 0 Å². The molecule has 0 aromatic rings. The maximum absolute atomic E-state index is 12.7. The number of rotatable bonds is 1. The van der Waals surface area contributed by atoms with E-state index in [-0.39, 0.29) is 18.3 Å². The predicted molar refractivity (Wildman–Crippen MR) is 54.3 cm³/mol. The maximum Gasteiger partial charge on any atom is 0.392 e. The zero-order valence-corrected chi connectivity index (χ0v) is 9.14. The summed E-state index contributed by atoms with van der Waals surface area (Å²) in [6.45, 7) is 7.13. The van der Waals surface area contributed by atoms with Crippen LogP contribution in [-0.4, -0.2) is 6.18 Å². The van der Waals surface area contributed by atoms with Crippen molar-refractivity contribution in [1.29, 1.82) is 0 Å². The Kier molecular flexibility index (Phi) is 3.67. The van der Waals surface area contributed by atoms with E-state index in [0.717, 1.165) is 0 Å². The molecule has 0 aliphatic heterocycles. The highest BCUT2D eigenvalue weighted by Gasteiger charge is 2.47. The first-order chi connectivity index (χ1) is 6.86. The molecule has 1 aliphatic carbocycles. The predicted octanol–water partition coefficient (Wildman–Crippen LogP) is 4.19. The Hall–Kier alpha value is -0.690. The highest BCUT2D eigenvalue weighted by Crippen LogP contribution is 2.45. The van der Waals surface area contributed by atoms with Crippen LogP contribution in [0.5, 0.6) is 0 Å². The molecule has 0 spiro atoms. The molecule has 0 N–H and O–H groups in total. The van der Waals surface area contributed by atoms with Crippen molar-refractivity contribution in [3.05, 3.63) is 18.4 Å². The van der Waals surface area contributed by atoms with Crippen LogP contribution in [-0.2, 0) is 0 Å². The lowest BCUT2D eigenvalue weighted by atomic mass is 9.69. The summed E-state index contributed by atoms with van der Waals surface area (Å²) in [4.78, 5) is 0. The molecule has 4 unspecified atom stereocenters. The maximum atomic E-state index is 12.7. The molecule has 1 saturated carbocycles. The molecule has 0 aromatic heterocycles. The van der Waals surface area contributed by atoms with Crippen LogP contribution in [0.3, 0.4) is 0 Å². The molecular weight excluding hydrogens is 201 g/mol. The van der Waals surface area contributed by atoms with Gasteiger partial charge < -0.3 is 0 Å². The van der Waals surface area contributed by atoms with E-state index in [1.54, 1.807) is 13.0 Å². The van der Waals surface area contributed by atoms with E-state index in [0.29, 0.717) is 12.3 Å². The van der Waals surface area contributed by atoms with Crippen molar-refractivity contribution in [3.63, 3.8) is 0 Å². The van der Waals surface area contributed by atoms with Crippen molar-refractivity contribution in [1.82, 2.24) is 0 Å². The largest absolute Gasteiger partial charge is 0.392 e. The average molecular weight is 218 g/mol. The van der Waals surface area contributed by atoms with Gasteiger partial charge in [0.05, 0.1) is 5.92 Å². The summed E-state index contributed by atoms with van der Waals surface area (Å²) in [6.07, 6.45) is -1.55. The van der Waals surface area contributed by atoms with E-state index in [9.17, 15) is 13.2 Å². The Morgan fingerprint density at radius 2 is 1.80 bits per heavy atom. The van der Waals surface area contributed by atoms with Gasteiger partial charge in [0.25, 0.3) is 0 Å². The third-order valence-electron chi connectivity index (χ3n) is 3.44. The summed E-state index contributed by atoms with van der Waals surface area (Å²) in [5.74, 6) is -1.16. The fourth-order valence-electron chi connectivity index (χ4n) is 2.52.